The summed E-state index contributed by atoms with van der Waals surface area (Å²) in [5.41, 5.74) is -0.968. The number of hydrogen-bond donors (Lipinski definition) is 1. The van der Waals surface area contributed by atoms with Crippen molar-refractivity contribution in [3.63, 3.8) is 0 Å². The number of aromatic carboxylic acids is 1. The fraction of sp³-hybridized carbons (Fsp3) is 0.200. The normalized spacial score (nSPS) is 11.7. The molecule has 0 radical (unpaired) electrons. The minimum atomic E-state index is -4.67. The summed E-state index contributed by atoms with van der Waals surface area (Å²) in [5, 5.41) is 8.37. The molecule has 0 bridgehead atoms. The zero-order chi connectivity index (χ0) is 10.2. The molecule has 0 aliphatic carbocycles. The van der Waals surface area contributed by atoms with Gasteiger partial charge in [-0.3, -0.25) is 0 Å². The van der Waals surface area contributed by atoms with Crippen molar-refractivity contribution in [2.75, 3.05) is 0 Å². The predicted octanol–water partition coefficient (Wildman–Crippen LogP) is 2.62. The SMILES string of the molecule is O=C(O)c1nc(Br)sc1C(F)(F)F. The van der Waals surface area contributed by atoms with Crippen molar-refractivity contribution in [2.24, 2.45) is 0 Å². The molecule has 0 atom stereocenters. The van der Waals surface area contributed by atoms with Crippen LogP contribution in [0.3, 0.4) is 0 Å². The monoisotopic (exact) mass is 275 g/mol. The van der Waals surface area contributed by atoms with E-state index < -0.39 is 22.7 Å². The maximum Gasteiger partial charge on any atom is 0.428 e. The Balaban J connectivity index is 3.28. The van der Waals surface area contributed by atoms with Gasteiger partial charge in [-0.2, -0.15) is 13.2 Å². The van der Waals surface area contributed by atoms with Gasteiger partial charge in [-0.05, 0) is 15.9 Å². The first-order chi connectivity index (χ1) is 5.82. The first-order valence-electron chi connectivity index (χ1n) is 2.79. The molecule has 0 saturated heterocycles. The summed E-state index contributed by atoms with van der Waals surface area (Å²) in [6, 6.07) is 0. The molecule has 0 saturated carbocycles. The van der Waals surface area contributed by atoms with E-state index in [4.69, 9.17) is 5.11 Å². The average Bonchev–Trinajstić information content (AvgIpc) is 2.29. The molecule has 13 heavy (non-hydrogen) atoms. The quantitative estimate of drug-likeness (QED) is 0.857. The molecule has 1 aromatic rings. The van der Waals surface area contributed by atoms with Crippen LogP contribution in [0, 0.1) is 0 Å². The Bertz CT molecular complexity index is 348. The van der Waals surface area contributed by atoms with Crippen molar-refractivity contribution in [1.29, 1.82) is 0 Å². The van der Waals surface area contributed by atoms with E-state index in [0.717, 1.165) is 0 Å². The van der Waals surface area contributed by atoms with Crippen LogP contribution in [0.1, 0.15) is 15.4 Å². The van der Waals surface area contributed by atoms with Crippen molar-refractivity contribution in [3.8, 4) is 0 Å². The topological polar surface area (TPSA) is 50.2 Å². The number of carboxylic acid groups (broad SMARTS) is 1. The Hall–Kier alpha value is -0.630. The Morgan fingerprint density at radius 2 is 2.08 bits per heavy atom. The highest BCUT2D eigenvalue weighted by Gasteiger charge is 2.39. The Kier molecular flexibility index (Phi) is 2.62. The number of carboxylic acids is 1. The minimum absolute atomic E-state index is 0.0998. The first-order valence-corrected chi connectivity index (χ1v) is 4.40. The van der Waals surface area contributed by atoms with E-state index in [1.54, 1.807) is 0 Å². The van der Waals surface area contributed by atoms with Crippen LogP contribution >= 0.6 is 27.3 Å². The zero-order valence-corrected chi connectivity index (χ0v) is 8.13. The van der Waals surface area contributed by atoms with E-state index in [-0.39, 0.29) is 15.3 Å². The molecule has 72 valence electrons. The summed E-state index contributed by atoms with van der Waals surface area (Å²) < 4.78 is 36.2. The summed E-state index contributed by atoms with van der Waals surface area (Å²) in [4.78, 5) is 12.3. The van der Waals surface area contributed by atoms with Gasteiger partial charge in [0, 0.05) is 0 Å². The lowest BCUT2D eigenvalue weighted by atomic mass is 10.3. The Morgan fingerprint density at radius 1 is 1.54 bits per heavy atom. The van der Waals surface area contributed by atoms with Gasteiger partial charge in [0.1, 0.15) is 4.88 Å². The number of nitrogens with zero attached hydrogens (tertiary/aromatic N) is 1. The largest absolute Gasteiger partial charge is 0.476 e. The highest BCUT2D eigenvalue weighted by molar-refractivity contribution is 9.11. The third-order valence-electron chi connectivity index (χ3n) is 1.06. The lowest BCUT2D eigenvalue weighted by molar-refractivity contribution is -0.135. The number of thiazole rings is 1. The van der Waals surface area contributed by atoms with E-state index >= 15 is 0 Å². The van der Waals surface area contributed by atoms with Gasteiger partial charge in [-0.25, -0.2) is 9.78 Å². The first kappa shape index (κ1) is 10.5. The lowest BCUT2D eigenvalue weighted by Crippen LogP contribution is -2.10. The van der Waals surface area contributed by atoms with Crippen LogP contribution in [-0.2, 0) is 6.18 Å². The van der Waals surface area contributed by atoms with Crippen LogP contribution < -0.4 is 0 Å². The molecular formula is C5HBrF3NO2S. The molecular weight excluding hydrogens is 275 g/mol. The highest BCUT2D eigenvalue weighted by Crippen LogP contribution is 2.37. The van der Waals surface area contributed by atoms with Crippen LogP contribution in [0.5, 0.6) is 0 Å². The molecule has 1 aromatic heterocycles. The third kappa shape index (κ3) is 2.19. The van der Waals surface area contributed by atoms with Crippen LogP contribution in [0.2, 0.25) is 0 Å². The summed E-state index contributed by atoms with van der Waals surface area (Å²) in [6.07, 6.45) is -4.67. The number of rotatable bonds is 1. The maximum atomic E-state index is 12.1. The van der Waals surface area contributed by atoms with Crippen LogP contribution in [0.15, 0.2) is 3.92 Å². The number of hydrogen-bond acceptors (Lipinski definition) is 3. The van der Waals surface area contributed by atoms with Crippen LogP contribution in [0.25, 0.3) is 0 Å². The number of alkyl halides is 3. The van der Waals surface area contributed by atoms with Gasteiger partial charge in [-0.1, -0.05) is 0 Å². The van der Waals surface area contributed by atoms with Crippen LogP contribution in [0.4, 0.5) is 13.2 Å². The van der Waals surface area contributed by atoms with Crippen molar-refractivity contribution in [1.82, 2.24) is 4.98 Å². The maximum absolute atomic E-state index is 12.1. The molecule has 0 aliphatic rings. The van der Waals surface area contributed by atoms with Crippen molar-refractivity contribution < 1.29 is 23.1 Å². The number of halogens is 4. The molecule has 3 nitrogen and oxygen atoms in total. The molecule has 1 heterocycles. The summed E-state index contributed by atoms with van der Waals surface area (Å²) in [6.45, 7) is 0. The molecule has 0 amide bonds. The highest BCUT2D eigenvalue weighted by atomic mass is 79.9. The van der Waals surface area contributed by atoms with Gasteiger partial charge >= 0.3 is 12.1 Å². The molecule has 0 unspecified atom stereocenters. The smallest absolute Gasteiger partial charge is 0.428 e. The van der Waals surface area contributed by atoms with Gasteiger partial charge in [0.05, 0.1) is 0 Å². The van der Waals surface area contributed by atoms with E-state index in [1.165, 1.54) is 0 Å². The second kappa shape index (κ2) is 3.26. The summed E-state index contributed by atoms with van der Waals surface area (Å²) in [5.74, 6) is -1.69. The predicted molar refractivity (Wildman–Crippen MR) is 41.8 cm³/mol. The van der Waals surface area contributed by atoms with E-state index in [0.29, 0.717) is 0 Å². The number of aromatic nitrogens is 1. The third-order valence-corrected chi connectivity index (χ3v) is 2.61. The summed E-state index contributed by atoms with van der Waals surface area (Å²) >= 11 is 2.94. The number of carbonyl (C=O) groups is 1. The van der Waals surface area contributed by atoms with Gasteiger partial charge < -0.3 is 5.11 Å². The second-order valence-corrected chi connectivity index (χ2v) is 4.22. The molecule has 0 fully saturated rings. The fourth-order valence-electron chi connectivity index (χ4n) is 0.631. The van der Waals surface area contributed by atoms with Gasteiger partial charge in [-0.15, -0.1) is 11.3 Å². The summed E-state index contributed by atoms with van der Waals surface area (Å²) in [7, 11) is 0. The van der Waals surface area contributed by atoms with Gasteiger partial charge in [0.2, 0.25) is 0 Å². The van der Waals surface area contributed by atoms with Crippen molar-refractivity contribution in [2.45, 2.75) is 6.18 Å². The van der Waals surface area contributed by atoms with Crippen molar-refractivity contribution >= 4 is 33.2 Å². The Labute approximate surface area is 82.3 Å². The average molecular weight is 276 g/mol. The van der Waals surface area contributed by atoms with Crippen molar-refractivity contribution in [3.05, 3.63) is 14.5 Å². The molecule has 0 aromatic carbocycles. The molecule has 8 heteroatoms. The molecule has 0 spiro atoms. The van der Waals surface area contributed by atoms with Gasteiger partial charge in [0.25, 0.3) is 0 Å². The molecule has 1 rings (SSSR count). The standard InChI is InChI=1S/C5HBrF3NO2S/c6-4-10-1(3(11)12)2(13-4)5(7,8)9/h(H,11,12). The van der Waals surface area contributed by atoms with E-state index in [1.807, 2.05) is 0 Å². The lowest BCUT2D eigenvalue weighted by Gasteiger charge is -2.02. The van der Waals surface area contributed by atoms with Crippen LogP contribution in [-0.4, -0.2) is 16.1 Å². The molecule has 0 aliphatic heterocycles. The van der Waals surface area contributed by atoms with E-state index in [9.17, 15) is 18.0 Å². The van der Waals surface area contributed by atoms with Gasteiger partial charge in [0.15, 0.2) is 9.61 Å². The fourth-order valence-corrected chi connectivity index (χ4v) is 1.94. The Morgan fingerprint density at radius 3 is 2.38 bits per heavy atom. The zero-order valence-electron chi connectivity index (χ0n) is 5.72. The second-order valence-electron chi connectivity index (χ2n) is 1.95. The molecule has 1 N–H and O–H groups in total. The van der Waals surface area contributed by atoms with E-state index in [2.05, 4.69) is 20.9 Å². The minimum Gasteiger partial charge on any atom is -0.476 e.